The highest BCUT2D eigenvalue weighted by atomic mass is 32.1. The number of nitrogens with zero attached hydrogens (tertiary/aromatic N) is 1. The summed E-state index contributed by atoms with van der Waals surface area (Å²) in [6.07, 6.45) is 0. The lowest BCUT2D eigenvalue weighted by atomic mass is 9.86. The summed E-state index contributed by atoms with van der Waals surface area (Å²) in [4.78, 5) is 14.6. The number of nitrogens with one attached hydrogen (secondary N) is 1. The first kappa shape index (κ1) is 15.0. The Morgan fingerprint density at radius 1 is 1.56 bits per heavy atom. The number of likely N-dealkylation sites (N-methyl/N-ethyl adjacent to an activating group) is 1. The number of carbonyl (C=O) groups excluding carboxylic acids is 1. The lowest BCUT2D eigenvalue weighted by Gasteiger charge is -2.32. The Hall–Kier alpha value is -1.07. The van der Waals surface area contributed by atoms with Crippen LogP contribution in [0.2, 0.25) is 0 Å². The molecular formula is C13H22N2O2S. The Labute approximate surface area is 113 Å². The van der Waals surface area contributed by atoms with E-state index in [0.717, 1.165) is 4.88 Å². The van der Waals surface area contributed by atoms with Gasteiger partial charge in [0.25, 0.3) is 0 Å². The first-order valence-corrected chi connectivity index (χ1v) is 6.90. The fourth-order valence-electron chi connectivity index (χ4n) is 1.66. The third-order valence-electron chi connectivity index (χ3n) is 2.74. The number of thiophene rings is 1. The lowest BCUT2D eigenvalue weighted by molar-refractivity contribution is 0.176. The Morgan fingerprint density at radius 2 is 2.22 bits per heavy atom. The second-order valence-electron chi connectivity index (χ2n) is 5.41. The fraction of sp³-hybridized carbons (Fsp3) is 0.615. The normalized spacial score (nSPS) is 13.2. The van der Waals surface area contributed by atoms with Crippen LogP contribution in [-0.4, -0.2) is 36.2 Å². The summed E-state index contributed by atoms with van der Waals surface area (Å²) < 4.78 is 0. The molecule has 102 valence electrons. The van der Waals surface area contributed by atoms with Crippen molar-refractivity contribution in [2.45, 2.75) is 26.8 Å². The molecule has 0 spiro atoms. The summed E-state index contributed by atoms with van der Waals surface area (Å²) >= 11 is 1.64. The van der Waals surface area contributed by atoms with Gasteiger partial charge in [-0.3, -0.25) is 0 Å². The van der Waals surface area contributed by atoms with Gasteiger partial charge < -0.3 is 15.3 Å². The monoisotopic (exact) mass is 270 g/mol. The van der Waals surface area contributed by atoms with Gasteiger partial charge in [0.2, 0.25) is 0 Å². The molecule has 0 aromatic carbocycles. The number of urea groups is 1. The number of carbonyl (C=O) groups is 1. The minimum absolute atomic E-state index is 0.0221. The molecule has 4 nitrogen and oxygen atoms in total. The zero-order valence-electron chi connectivity index (χ0n) is 11.4. The highest BCUT2D eigenvalue weighted by Gasteiger charge is 2.29. The molecule has 1 heterocycles. The zero-order chi connectivity index (χ0) is 13.8. The second kappa shape index (κ2) is 6.20. The highest BCUT2D eigenvalue weighted by Crippen LogP contribution is 2.35. The molecule has 0 saturated heterocycles. The van der Waals surface area contributed by atoms with Crippen LogP contribution in [-0.2, 0) is 0 Å². The van der Waals surface area contributed by atoms with Crippen LogP contribution in [0, 0.1) is 5.41 Å². The maximum atomic E-state index is 12.0. The first-order chi connectivity index (χ1) is 8.36. The van der Waals surface area contributed by atoms with E-state index in [9.17, 15) is 4.79 Å². The van der Waals surface area contributed by atoms with Gasteiger partial charge in [0.15, 0.2) is 0 Å². The van der Waals surface area contributed by atoms with E-state index < -0.39 is 0 Å². The molecule has 18 heavy (non-hydrogen) atoms. The van der Waals surface area contributed by atoms with Crippen LogP contribution in [0.4, 0.5) is 4.79 Å². The van der Waals surface area contributed by atoms with Crippen molar-refractivity contribution in [3.05, 3.63) is 22.4 Å². The van der Waals surface area contributed by atoms with Crippen LogP contribution in [0.1, 0.15) is 31.7 Å². The number of hydrogen-bond acceptors (Lipinski definition) is 3. The predicted octanol–water partition coefficient (Wildman–Crippen LogP) is 2.47. The molecule has 0 aliphatic carbocycles. The summed E-state index contributed by atoms with van der Waals surface area (Å²) in [5, 5.41) is 13.9. The Bertz CT molecular complexity index is 371. The van der Waals surface area contributed by atoms with Crippen molar-refractivity contribution in [2.24, 2.45) is 5.41 Å². The molecule has 2 amide bonds. The zero-order valence-corrected chi connectivity index (χ0v) is 12.3. The predicted molar refractivity (Wildman–Crippen MR) is 74.8 cm³/mol. The van der Waals surface area contributed by atoms with Crippen molar-refractivity contribution >= 4 is 17.4 Å². The van der Waals surface area contributed by atoms with Crippen molar-refractivity contribution < 1.29 is 9.90 Å². The molecule has 1 unspecified atom stereocenters. The molecule has 5 heteroatoms. The van der Waals surface area contributed by atoms with Crippen LogP contribution in [0.25, 0.3) is 0 Å². The average Bonchev–Trinajstić information content (AvgIpc) is 2.77. The van der Waals surface area contributed by atoms with Gasteiger partial charge in [-0.05, 0) is 16.9 Å². The fourth-order valence-corrected chi connectivity index (χ4v) is 2.68. The van der Waals surface area contributed by atoms with E-state index in [1.807, 2.05) is 17.5 Å². The number of hydrogen-bond donors (Lipinski definition) is 2. The SMILES string of the molecule is CN(CCO)C(=O)NC(c1cccs1)C(C)(C)C. The largest absolute Gasteiger partial charge is 0.395 e. The summed E-state index contributed by atoms with van der Waals surface area (Å²) in [5.41, 5.74) is -0.0550. The highest BCUT2D eigenvalue weighted by molar-refractivity contribution is 7.10. The summed E-state index contributed by atoms with van der Waals surface area (Å²) in [7, 11) is 1.68. The van der Waals surface area contributed by atoms with Crippen molar-refractivity contribution in [1.82, 2.24) is 10.2 Å². The van der Waals surface area contributed by atoms with E-state index in [0.29, 0.717) is 6.54 Å². The first-order valence-electron chi connectivity index (χ1n) is 6.02. The molecule has 1 aromatic heterocycles. The molecule has 2 N–H and O–H groups in total. The van der Waals surface area contributed by atoms with E-state index in [1.54, 1.807) is 18.4 Å². The maximum absolute atomic E-state index is 12.0. The van der Waals surface area contributed by atoms with E-state index >= 15 is 0 Å². The van der Waals surface area contributed by atoms with Crippen molar-refractivity contribution in [1.29, 1.82) is 0 Å². The third-order valence-corrected chi connectivity index (χ3v) is 3.68. The van der Waals surface area contributed by atoms with Gasteiger partial charge in [-0.2, -0.15) is 0 Å². The average molecular weight is 270 g/mol. The molecule has 1 aromatic rings. The standard InChI is InChI=1S/C13H22N2O2S/c1-13(2,3)11(10-6-5-9-18-10)14-12(17)15(4)7-8-16/h5-6,9,11,16H,7-8H2,1-4H3,(H,14,17). The number of amides is 2. The third kappa shape index (κ3) is 3.99. The van der Waals surface area contributed by atoms with E-state index in [-0.39, 0.29) is 24.1 Å². The number of aliphatic hydroxyl groups is 1. The van der Waals surface area contributed by atoms with Gasteiger partial charge in [-0.25, -0.2) is 4.79 Å². The van der Waals surface area contributed by atoms with Gasteiger partial charge in [0.1, 0.15) is 0 Å². The maximum Gasteiger partial charge on any atom is 0.317 e. The smallest absolute Gasteiger partial charge is 0.317 e. The van der Waals surface area contributed by atoms with Crippen LogP contribution in [0.3, 0.4) is 0 Å². The quantitative estimate of drug-likeness (QED) is 0.883. The Kier molecular flexibility index (Phi) is 5.16. The van der Waals surface area contributed by atoms with Gasteiger partial charge in [-0.1, -0.05) is 26.8 Å². The lowest BCUT2D eigenvalue weighted by Crippen LogP contribution is -2.44. The van der Waals surface area contributed by atoms with Crippen LogP contribution in [0.5, 0.6) is 0 Å². The number of rotatable bonds is 4. The van der Waals surface area contributed by atoms with Gasteiger partial charge in [0.05, 0.1) is 12.6 Å². The molecule has 0 aliphatic rings. The summed E-state index contributed by atoms with van der Waals surface area (Å²) in [6, 6.07) is 3.85. The molecule has 1 atom stereocenters. The van der Waals surface area contributed by atoms with Crippen molar-refractivity contribution in [3.63, 3.8) is 0 Å². The molecule has 0 fully saturated rings. The molecule has 0 radical (unpaired) electrons. The van der Waals surface area contributed by atoms with Gasteiger partial charge in [0, 0.05) is 18.5 Å². The number of aliphatic hydroxyl groups excluding tert-OH is 1. The Morgan fingerprint density at radius 3 is 2.67 bits per heavy atom. The van der Waals surface area contributed by atoms with E-state index in [2.05, 4.69) is 26.1 Å². The van der Waals surface area contributed by atoms with Gasteiger partial charge in [-0.15, -0.1) is 11.3 Å². The minimum Gasteiger partial charge on any atom is -0.395 e. The molecular weight excluding hydrogens is 248 g/mol. The molecule has 0 saturated carbocycles. The molecule has 1 rings (SSSR count). The van der Waals surface area contributed by atoms with E-state index in [1.165, 1.54) is 4.90 Å². The van der Waals surface area contributed by atoms with Crippen molar-refractivity contribution in [2.75, 3.05) is 20.2 Å². The summed E-state index contributed by atoms with van der Waals surface area (Å²) in [5.74, 6) is 0. The van der Waals surface area contributed by atoms with Crippen LogP contribution in [0.15, 0.2) is 17.5 Å². The molecule has 0 bridgehead atoms. The van der Waals surface area contributed by atoms with Crippen LogP contribution >= 0.6 is 11.3 Å². The second-order valence-corrected chi connectivity index (χ2v) is 6.39. The van der Waals surface area contributed by atoms with E-state index in [4.69, 9.17) is 5.11 Å². The molecule has 0 aliphatic heterocycles. The summed E-state index contributed by atoms with van der Waals surface area (Å²) in [6.45, 7) is 6.62. The van der Waals surface area contributed by atoms with Crippen molar-refractivity contribution in [3.8, 4) is 0 Å². The Balaban J connectivity index is 2.78. The minimum atomic E-state index is -0.155. The van der Waals surface area contributed by atoms with Crippen LogP contribution < -0.4 is 5.32 Å². The topological polar surface area (TPSA) is 52.6 Å². The van der Waals surface area contributed by atoms with Gasteiger partial charge >= 0.3 is 6.03 Å².